The van der Waals surface area contributed by atoms with Gasteiger partial charge in [-0.2, -0.15) is 0 Å². The second-order valence-electron chi connectivity index (χ2n) is 10.8. The molecule has 9 nitrogen and oxygen atoms in total. The van der Waals surface area contributed by atoms with Gasteiger partial charge in [0.1, 0.15) is 12.4 Å². The molecule has 10 heteroatoms. The lowest BCUT2D eigenvalue weighted by Gasteiger charge is -2.42. The van der Waals surface area contributed by atoms with E-state index in [-0.39, 0.29) is 54.7 Å². The number of nitrogens with zero attached hydrogens (tertiary/aromatic N) is 1. The van der Waals surface area contributed by atoms with Gasteiger partial charge in [0, 0.05) is 28.2 Å². The molecule has 208 valence electrons. The van der Waals surface area contributed by atoms with Gasteiger partial charge in [0.05, 0.1) is 24.1 Å². The van der Waals surface area contributed by atoms with Crippen LogP contribution in [0.5, 0.6) is 5.75 Å². The Kier molecular flexibility index (Phi) is 6.85. The van der Waals surface area contributed by atoms with Crippen molar-refractivity contribution < 1.29 is 39.1 Å². The summed E-state index contributed by atoms with van der Waals surface area (Å²) in [5.74, 6) is -3.46. The molecule has 4 unspecified atom stereocenters. The molecule has 3 N–H and O–H groups in total. The van der Waals surface area contributed by atoms with E-state index in [1.165, 1.54) is 18.2 Å². The van der Waals surface area contributed by atoms with E-state index in [2.05, 4.69) is 0 Å². The summed E-state index contributed by atoms with van der Waals surface area (Å²) in [5, 5.41) is 28.7. The molecular weight excluding hydrogens is 525 g/mol. The number of hydrogen-bond donors (Lipinski definition) is 3. The van der Waals surface area contributed by atoms with Gasteiger partial charge in [0.15, 0.2) is 11.6 Å². The van der Waals surface area contributed by atoms with Crippen LogP contribution in [0, 0.1) is 17.8 Å². The van der Waals surface area contributed by atoms with Crippen molar-refractivity contribution in [3.8, 4) is 5.75 Å². The molecule has 1 saturated heterocycles. The predicted molar refractivity (Wildman–Crippen MR) is 149 cm³/mol. The second-order valence-corrected chi connectivity index (χ2v) is 10.8. The third kappa shape index (κ3) is 4.30. The van der Waals surface area contributed by atoms with Crippen LogP contribution >= 0.6 is 0 Å². The number of aliphatic hydroxyl groups excluding tert-OH is 1. The molecule has 6 rings (SSSR count). The van der Waals surface area contributed by atoms with Crippen molar-refractivity contribution in [1.29, 1.82) is 0 Å². The Balaban J connectivity index is 1.47. The highest BCUT2D eigenvalue weighted by Gasteiger charge is 2.56. The Morgan fingerprint density at radius 3 is 2.54 bits per heavy atom. The van der Waals surface area contributed by atoms with Gasteiger partial charge in [0.25, 0.3) is 0 Å². The van der Waals surface area contributed by atoms with Gasteiger partial charge < -0.3 is 19.9 Å². The molecule has 2 amide bonds. The number of fused-ring (bicyclic) bond motifs is 3. The molecule has 4 aliphatic rings. The summed E-state index contributed by atoms with van der Waals surface area (Å²) in [4.78, 5) is 55.7. The molecule has 0 radical (unpaired) electrons. The van der Waals surface area contributed by atoms with Crippen LogP contribution in [0.4, 0.5) is 5.69 Å². The van der Waals surface area contributed by atoms with E-state index in [9.17, 15) is 34.3 Å². The van der Waals surface area contributed by atoms with Crippen molar-refractivity contribution in [2.75, 3.05) is 18.1 Å². The fourth-order valence-electron chi connectivity index (χ4n) is 6.82. The number of imide groups is 1. The fourth-order valence-corrected chi connectivity index (χ4v) is 6.82. The van der Waals surface area contributed by atoms with Gasteiger partial charge in [-0.15, -0.1) is 0 Å². The first kappa shape index (κ1) is 27.1. The molecule has 0 spiro atoms. The average molecular weight is 553 g/mol. The lowest BCUT2D eigenvalue weighted by atomic mass is 9.59. The van der Waals surface area contributed by atoms with Gasteiger partial charge in [0.2, 0.25) is 11.8 Å². The van der Waals surface area contributed by atoms with Gasteiger partial charge in [-0.25, -0.2) is 0 Å². The van der Waals surface area contributed by atoms with E-state index in [0.717, 1.165) is 10.5 Å². The van der Waals surface area contributed by atoms with Crippen LogP contribution in [-0.4, -0.2) is 58.9 Å². The first-order valence-electron chi connectivity index (χ1n) is 13.6. The second kappa shape index (κ2) is 10.4. The maximum Gasteiger partial charge on any atom is 0.488 e. The van der Waals surface area contributed by atoms with Crippen LogP contribution in [-0.2, 0) is 19.2 Å². The van der Waals surface area contributed by atoms with Gasteiger partial charge in [-0.1, -0.05) is 42.0 Å². The number of hydrogen-bond acceptors (Lipinski definition) is 8. The lowest BCUT2D eigenvalue weighted by Crippen LogP contribution is -2.40. The fraction of sp³-hybridized carbons (Fsp3) is 0.290. The normalized spacial score (nSPS) is 25.4. The number of ketones is 2. The number of carbonyl (C=O) groups excluding carboxylic acids is 4. The van der Waals surface area contributed by atoms with E-state index in [1.54, 1.807) is 31.2 Å². The average Bonchev–Trinajstić information content (AvgIpc) is 3.23. The van der Waals surface area contributed by atoms with Crippen molar-refractivity contribution in [2.45, 2.75) is 25.7 Å². The highest BCUT2D eigenvalue weighted by Crippen LogP contribution is 2.56. The van der Waals surface area contributed by atoms with Crippen LogP contribution in [0.1, 0.15) is 31.2 Å². The predicted octanol–water partition coefficient (Wildman–Crippen LogP) is 1.37. The van der Waals surface area contributed by atoms with Crippen molar-refractivity contribution >= 4 is 41.6 Å². The Hall–Kier alpha value is -4.12. The number of carbonyl (C=O) groups is 4. The zero-order chi connectivity index (χ0) is 29.0. The molecule has 4 atom stereocenters. The number of benzene rings is 2. The molecule has 1 heterocycles. The summed E-state index contributed by atoms with van der Waals surface area (Å²) in [6.07, 6.45) is 3.70. The van der Waals surface area contributed by atoms with Crippen molar-refractivity contribution in [2.24, 2.45) is 17.8 Å². The summed E-state index contributed by atoms with van der Waals surface area (Å²) in [6, 6.07) is 13.2. The van der Waals surface area contributed by atoms with Gasteiger partial charge >= 0.3 is 7.12 Å². The lowest BCUT2D eigenvalue weighted by molar-refractivity contribution is -0.123. The monoisotopic (exact) mass is 553 g/mol. The Labute approximate surface area is 236 Å². The Morgan fingerprint density at radius 1 is 1.00 bits per heavy atom. The minimum absolute atomic E-state index is 0.0399. The quantitative estimate of drug-likeness (QED) is 0.211. The molecule has 2 aromatic carbocycles. The number of rotatable bonds is 6. The number of aliphatic hydroxyl groups is 1. The van der Waals surface area contributed by atoms with Crippen LogP contribution in [0.3, 0.4) is 0 Å². The highest BCUT2D eigenvalue weighted by atomic mass is 16.5. The first-order valence-corrected chi connectivity index (χ1v) is 13.6. The van der Waals surface area contributed by atoms with Crippen molar-refractivity contribution in [1.82, 2.24) is 0 Å². The van der Waals surface area contributed by atoms with E-state index >= 15 is 0 Å². The number of ether oxygens (including phenoxy) is 1. The number of para-hydroxylation sites is 1. The van der Waals surface area contributed by atoms with Gasteiger partial charge in [-0.3, -0.25) is 24.1 Å². The molecule has 2 aromatic rings. The molecule has 1 aliphatic heterocycles. The third-order valence-electron chi connectivity index (χ3n) is 8.57. The molecule has 0 bridgehead atoms. The summed E-state index contributed by atoms with van der Waals surface area (Å²) < 4.78 is 5.83. The maximum absolute atomic E-state index is 14.0. The van der Waals surface area contributed by atoms with E-state index in [1.807, 2.05) is 18.2 Å². The number of anilines is 1. The first-order chi connectivity index (χ1) is 19.7. The number of allylic oxidation sites excluding steroid dienone is 6. The largest absolute Gasteiger partial charge is 0.491 e. The molecule has 1 fully saturated rings. The van der Waals surface area contributed by atoms with Crippen LogP contribution in [0.15, 0.2) is 83.0 Å². The SMILES string of the molecule is CC1=CC(=O)C2=C(CC3C(=CCC4C(=O)N(c5cccc(B(O)O)c5)C(=O)C43)C2c2ccccc2OCCO)C1=O. The Morgan fingerprint density at radius 2 is 1.78 bits per heavy atom. The molecule has 3 aliphatic carbocycles. The van der Waals surface area contributed by atoms with Crippen LogP contribution < -0.4 is 15.1 Å². The smallest absolute Gasteiger partial charge is 0.488 e. The standard InChI is InChI=1S/C31H28BNO8/c1-16-13-24(35)28-23(29(16)36)15-22-19(26(28)20-7-2-3-8-25(20)41-12-11-34)9-10-21-27(22)31(38)33(30(21)37)18-6-4-5-17(14-18)32(39)40/h2-9,13-14,21-22,26-27,34,39-40H,10-12,15H2,1H3. The molecule has 41 heavy (non-hydrogen) atoms. The summed E-state index contributed by atoms with van der Waals surface area (Å²) in [7, 11) is -1.76. The Bertz CT molecular complexity index is 1590. The molecular formula is C31H28BNO8. The summed E-state index contributed by atoms with van der Waals surface area (Å²) in [5.41, 5.74) is 2.88. The minimum Gasteiger partial charge on any atom is -0.491 e. The van der Waals surface area contributed by atoms with E-state index in [0.29, 0.717) is 28.0 Å². The van der Waals surface area contributed by atoms with Crippen molar-refractivity contribution in [3.05, 3.63) is 88.5 Å². The molecule has 0 saturated carbocycles. The minimum atomic E-state index is -1.76. The maximum atomic E-state index is 14.0. The van der Waals surface area contributed by atoms with E-state index < -0.39 is 36.7 Å². The third-order valence-corrected chi connectivity index (χ3v) is 8.57. The zero-order valence-corrected chi connectivity index (χ0v) is 22.3. The van der Waals surface area contributed by atoms with Crippen LogP contribution in [0.2, 0.25) is 0 Å². The van der Waals surface area contributed by atoms with Crippen LogP contribution in [0.25, 0.3) is 0 Å². The molecule has 0 aromatic heterocycles. The number of amides is 2. The van der Waals surface area contributed by atoms with Gasteiger partial charge in [-0.05, 0) is 55.4 Å². The summed E-state index contributed by atoms with van der Waals surface area (Å²) >= 11 is 0. The number of Topliss-reactive ketones (excluding diaryl/α,β-unsaturated/α-hetero) is 1. The topological polar surface area (TPSA) is 141 Å². The van der Waals surface area contributed by atoms with Crippen molar-refractivity contribution in [3.63, 3.8) is 0 Å². The zero-order valence-electron chi connectivity index (χ0n) is 22.3. The van der Waals surface area contributed by atoms with E-state index in [4.69, 9.17) is 4.74 Å². The summed E-state index contributed by atoms with van der Waals surface area (Å²) in [6.45, 7) is 1.43. The highest BCUT2D eigenvalue weighted by molar-refractivity contribution is 6.58.